The molecule has 3 heterocycles. The molecule has 2 aliphatic heterocycles. The van der Waals surface area contributed by atoms with Crippen LogP contribution in [0.25, 0.3) is 11.3 Å². The average molecular weight is 886 g/mol. The minimum absolute atomic E-state index is 0.0901. The van der Waals surface area contributed by atoms with Gasteiger partial charge >= 0.3 is 6.03 Å². The molecule has 0 bridgehead atoms. The van der Waals surface area contributed by atoms with Crippen LogP contribution in [0.5, 0.6) is 0 Å². The van der Waals surface area contributed by atoms with Crippen LogP contribution in [-0.2, 0) is 20.8 Å². The molecule has 4 amide bonds. The third-order valence-corrected chi connectivity index (χ3v) is 10.4. The Hall–Kier alpha value is -6.21. The third kappa shape index (κ3) is 13.2. The summed E-state index contributed by atoms with van der Waals surface area (Å²) in [7, 11) is 0. The van der Waals surface area contributed by atoms with E-state index in [1.54, 1.807) is 59.8 Å². The van der Waals surface area contributed by atoms with Crippen LogP contribution in [-0.4, -0.2) is 116 Å². The molecule has 4 aromatic rings. The zero-order valence-electron chi connectivity index (χ0n) is 34.8. The maximum absolute atomic E-state index is 14.9. The van der Waals surface area contributed by atoms with Gasteiger partial charge in [0.15, 0.2) is 0 Å². The van der Waals surface area contributed by atoms with Crippen molar-refractivity contribution in [3.8, 4) is 11.3 Å². The molecule has 0 saturated carbocycles. The quantitative estimate of drug-likeness (QED) is 0.0330. The molecule has 0 aliphatic carbocycles. The van der Waals surface area contributed by atoms with E-state index in [0.29, 0.717) is 83.6 Å². The molecule has 19 heteroatoms. The fourth-order valence-corrected chi connectivity index (χ4v) is 7.07. The molecule has 6 rings (SSSR count). The molecular formula is C44H50ClF2N11O5. The number of halogens is 3. The van der Waals surface area contributed by atoms with Crippen LogP contribution in [0.4, 0.5) is 25.2 Å². The number of rotatable bonds is 20. The topological polar surface area (TPSA) is 210 Å². The van der Waals surface area contributed by atoms with Gasteiger partial charge in [-0.2, -0.15) is 5.10 Å². The largest absolute Gasteiger partial charge is 0.377 e. The predicted molar refractivity (Wildman–Crippen MR) is 238 cm³/mol. The second kappa shape index (κ2) is 23.3. The number of urea groups is 1. The first-order valence-corrected chi connectivity index (χ1v) is 21.0. The summed E-state index contributed by atoms with van der Waals surface area (Å²) in [5.74, 6) is 3.71. The van der Waals surface area contributed by atoms with Crippen molar-refractivity contribution in [3.63, 3.8) is 0 Å². The molecule has 0 unspecified atom stereocenters. The molecule has 1 saturated heterocycles. The van der Waals surface area contributed by atoms with Crippen molar-refractivity contribution in [2.75, 3.05) is 64.5 Å². The molecule has 16 nitrogen and oxygen atoms in total. The predicted octanol–water partition coefficient (Wildman–Crippen LogP) is 5.41. The SMILES string of the molecule is C[C@@H]1CCCN1C(=O)NC(=O)CCCNCCN=CC(COCCOCCNC(=O)c1ccc(Nc2ncc3c(n2)-c2ccc(Cl)cc2C(c2c(F)cccc2F)=NC3)cc1)=NN. The van der Waals surface area contributed by atoms with Crippen LogP contribution < -0.4 is 27.1 Å². The van der Waals surface area contributed by atoms with Crippen molar-refractivity contribution in [2.24, 2.45) is 20.9 Å². The maximum atomic E-state index is 14.9. The first-order chi connectivity index (χ1) is 30.6. The summed E-state index contributed by atoms with van der Waals surface area (Å²) in [5.41, 5.74) is 3.65. The monoisotopic (exact) mass is 885 g/mol. The number of hydrogen-bond acceptors (Lipinski definition) is 13. The number of aliphatic imine (C=N–C) groups is 2. The molecule has 0 spiro atoms. The van der Waals surface area contributed by atoms with E-state index in [1.165, 1.54) is 18.2 Å². The fraction of sp³-hybridized carbons (Fsp3) is 0.364. The zero-order chi connectivity index (χ0) is 44.6. The van der Waals surface area contributed by atoms with Gasteiger partial charge < -0.3 is 36.2 Å². The normalized spacial score (nSPS) is 14.8. The number of hydrazone groups is 1. The number of ether oxygens (including phenoxy) is 2. The lowest BCUT2D eigenvalue weighted by atomic mass is 9.95. The second-order valence-electron chi connectivity index (χ2n) is 14.7. The van der Waals surface area contributed by atoms with Crippen LogP contribution in [0.3, 0.4) is 0 Å². The highest BCUT2D eigenvalue weighted by Gasteiger charge is 2.27. The van der Waals surface area contributed by atoms with E-state index >= 15 is 0 Å². The number of anilines is 2. The Balaban J connectivity index is 0.845. The Labute approximate surface area is 368 Å². The number of hydrogen-bond donors (Lipinski definition) is 5. The molecule has 1 aromatic heterocycles. The number of amides is 4. The van der Waals surface area contributed by atoms with E-state index in [0.717, 1.165) is 12.8 Å². The van der Waals surface area contributed by atoms with Crippen molar-refractivity contribution >= 4 is 58.7 Å². The number of nitrogens with two attached hydrogens (primary N) is 1. The molecule has 332 valence electrons. The Morgan fingerprint density at radius 1 is 1.00 bits per heavy atom. The van der Waals surface area contributed by atoms with Gasteiger partial charge in [0.05, 0.1) is 56.5 Å². The number of nitrogens with one attached hydrogen (secondary N) is 4. The smallest absolute Gasteiger partial charge is 0.324 e. The van der Waals surface area contributed by atoms with Crippen molar-refractivity contribution < 1.29 is 32.6 Å². The molecule has 2 aliphatic rings. The Morgan fingerprint density at radius 3 is 2.56 bits per heavy atom. The summed E-state index contributed by atoms with van der Waals surface area (Å²) in [4.78, 5) is 56.7. The number of imide groups is 1. The average Bonchev–Trinajstić information content (AvgIpc) is 3.65. The first kappa shape index (κ1) is 46.3. The summed E-state index contributed by atoms with van der Waals surface area (Å²) in [6.07, 6.45) is 5.94. The number of likely N-dealkylation sites (tertiary alicyclic amines) is 1. The van der Waals surface area contributed by atoms with Crippen LogP contribution >= 0.6 is 11.6 Å². The second-order valence-corrected chi connectivity index (χ2v) is 15.1. The van der Waals surface area contributed by atoms with Gasteiger partial charge in [-0.05, 0) is 81.3 Å². The molecular weight excluding hydrogens is 836 g/mol. The summed E-state index contributed by atoms with van der Waals surface area (Å²) < 4.78 is 40.9. The van der Waals surface area contributed by atoms with E-state index in [1.807, 2.05) is 6.92 Å². The number of carbonyl (C=O) groups is 3. The van der Waals surface area contributed by atoms with Crippen molar-refractivity contribution in [1.82, 2.24) is 30.8 Å². The van der Waals surface area contributed by atoms with Crippen LogP contribution in [0.2, 0.25) is 5.02 Å². The van der Waals surface area contributed by atoms with Gasteiger partial charge in [-0.1, -0.05) is 23.7 Å². The molecule has 63 heavy (non-hydrogen) atoms. The maximum Gasteiger partial charge on any atom is 0.324 e. The van der Waals surface area contributed by atoms with Gasteiger partial charge in [0.25, 0.3) is 5.91 Å². The van der Waals surface area contributed by atoms with E-state index in [-0.39, 0.29) is 80.4 Å². The van der Waals surface area contributed by atoms with Crippen LogP contribution in [0, 0.1) is 11.6 Å². The number of carbonyl (C=O) groups excluding carboxylic acids is 3. The van der Waals surface area contributed by atoms with Crippen LogP contribution in [0.15, 0.2) is 81.9 Å². The van der Waals surface area contributed by atoms with Gasteiger partial charge in [-0.25, -0.2) is 23.5 Å². The number of aromatic nitrogens is 2. The lowest BCUT2D eigenvalue weighted by molar-refractivity contribution is -0.120. The summed E-state index contributed by atoms with van der Waals surface area (Å²) in [6.45, 7) is 5.73. The summed E-state index contributed by atoms with van der Waals surface area (Å²) >= 11 is 6.33. The third-order valence-electron chi connectivity index (χ3n) is 10.2. The highest BCUT2D eigenvalue weighted by Crippen LogP contribution is 2.35. The van der Waals surface area contributed by atoms with Gasteiger partial charge in [0, 0.05) is 77.5 Å². The van der Waals surface area contributed by atoms with Crippen LogP contribution in [0.1, 0.15) is 59.7 Å². The Morgan fingerprint density at radius 2 is 1.79 bits per heavy atom. The summed E-state index contributed by atoms with van der Waals surface area (Å²) in [5, 5.41) is 15.7. The van der Waals surface area contributed by atoms with Gasteiger partial charge in [0.2, 0.25) is 11.9 Å². The van der Waals surface area contributed by atoms with Gasteiger partial charge in [-0.3, -0.25) is 24.9 Å². The molecule has 0 radical (unpaired) electrons. The number of benzene rings is 3. The lowest BCUT2D eigenvalue weighted by Crippen LogP contribution is -2.44. The van der Waals surface area contributed by atoms with E-state index in [9.17, 15) is 23.2 Å². The highest BCUT2D eigenvalue weighted by atomic mass is 35.5. The van der Waals surface area contributed by atoms with Gasteiger partial charge in [-0.15, -0.1) is 0 Å². The molecule has 1 fully saturated rings. The minimum atomic E-state index is -0.738. The molecule has 6 N–H and O–H groups in total. The van der Waals surface area contributed by atoms with Crippen molar-refractivity contribution in [1.29, 1.82) is 0 Å². The standard InChI is InChI=1S/C44H50ClF2N11O5/c1-28-5-4-19-58(28)44(61)55-38(59)8-3-15-49-16-17-50-26-33(57-48)27-63-22-21-62-20-18-51-42(60)29-9-12-32(13-10-29)54-43-53-25-30-24-52-41(39-36(46)6-2-7-37(39)47)35-23-31(45)11-14-34(35)40(30)56-43/h2,6-7,9-14,23,25-26,28,49H,3-5,8,15-22,24,27,48H2,1H3,(H,51,60)(H,53,54,56)(H,55,59,61)/t28-/m1/s1. The molecule has 3 aromatic carbocycles. The van der Waals surface area contributed by atoms with E-state index in [4.69, 9.17) is 31.9 Å². The van der Waals surface area contributed by atoms with E-state index in [2.05, 4.69) is 41.3 Å². The lowest BCUT2D eigenvalue weighted by Gasteiger charge is -2.21. The first-order valence-electron chi connectivity index (χ1n) is 20.6. The highest BCUT2D eigenvalue weighted by molar-refractivity contribution is 6.32. The van der Waals surface area contributed by atoms with E-state index < -0.39 is 11.6 Å². The van der Waals surface area contributed by atoms with Crippen molar-refractivity contribution in [3.05, 3.63) is 106 Å². The number of nitrogens with zero attached hydrogens (tertiary/aromatic N) is 6. The van der Waals surface area contributed by atoms with Gasteiger partial charge in [0.1, 0.15) is 17.3 Å². The Kier molecular flexibility index (Phi) is 17.1. The Bertz CT molecular complexity index is 2310. The minimum Gasteiger partial charge on any atom is -0.377 e. The fourth-order valence-electron chi connectivity index (χ4n) is 6.90. The number of fused-ring (bicyclic) bond motifs is 3. The molecule has 1 atom stereocenters. The zero-order valence-corrected chi connectivity index (χ0v) is 35.6. The van der Waals surface area contributed by atoms with Crippen molar-refractivity contribution in [2.45, 2.75) is 45.2 Å². The summed E-state index contributed by atoms with van der Waals surface area (Å²) in [6, 6.07) is 15.3.